The highest BCUT2D eigenvalue weighted by atomic mass is 32.1. The normalized spacial score (nSPS) is 13.7. The average Bonchev–Trinajstić information content (AvgIpc) is 3.39. The van der Waals surface area contributed by atoms with Crippen LogP contribution in [0, 0.1) is 5.92 Å². The summed E-state index contributed by atoms with van der Waals surface area (Å²) in [5.41, 5.74) is 4.37. The first-order valence-electron chi connectivity index (χ1n) is 8.98. The number of carbonyl (C=O) groups is 1. The Hall–Kier alpha value is -2.47. The number of aromatic nitrogens is 2. The molecular weight excluding hydrogens is 344 g/mol. The number of likely N-dealkylation sites (N-methyl/N-ethyl adjacent to an activating group) is 1. The van der Waals surface area contributed by atoms with Crippen molar-refractivity contribution in [3.63, 3.8) is 0 Å². The van der Waals surface area contributed by atoms with Gasteiger partial charge in [0, 0.05) is 20.1 Å². The molecule has 0 aliphatic heterocycles. The molecule has 2 heterocycles. The summed E-state index contributed by atoms with van der Waals surface area (Å²) in [6, 6.07) is 12.3. The molecule has 1 aromatic carbocycles. The zero-order chi connectivity index (χ0) is 17.9. The number of benzene rings is 1. The van der Waals surface area contributed by atoms with E-state index in [-0.39, 0.29) is 5.91 Å². The van der Waals surface area contributed by atoms with Gasteiger partial charge >= 0.3 is 0 Å². The Kier molecular flexibility index (Phi) is 4.84. The van der Waals surface area contributed by atoms with Crippen molar-refractivity contribution < 1.29 is 4.79 Å². The van der Waals surface area contributed by atoms with Gasteiger partial charge < -0.3 is 10.2 Å². The summed E-state index contributed by atoms with van der Waals surface area (Å²) in [6.45, 7) is 1.59. The van der Waals surface area contributed by atoms with Crippen molar-refractivity contribution in [2.45, 2.75) is 19.3 Å². The third-order valence-electron chi connectivity index (χ3n) is 4.75. The molecule has 3 aromatic rings. The lowest BCUT2D eigenvalue weighted by Gasteiger charge is -2.19. The number of thiazole rings is 1. The standard InChI is InChI=1S/C20H22N4OS/c1-24(10-9-14-5-3-2-4-6-14)17-11-16(18-19(23-17)22-13-26-18)20(25)21-12-15-7-8-15/h2-6,11,13,15H,7-10,12H2,1H3,(H,21,25). The zero-order valence-electron chi connectivity index (χ0n) is 14.8. The van der Waals surface area contributed by atoms with Crippen molar-refractivity contribution in [3.8, 4) is 0 Å². The summed E-state index contributed by atoms with van der Waals surface area (Å²) in [6.07, 6.45) is 3.37. The third kappa shape index (κ3) is 3.85. The van der Waals surface area contributed by atoms with E-state index in [0.717, 1.165) is 30.0 Å². The number of hydrogen-bond donors (Lipinski definition) is 1. The smallest absolute Gasteiger partial charge is 0.253 e. The molecule has 0 radical (unpaired) electrons. The lowest BCUT2D eigenvalue weighted by Crippen LogP contribution is -2.27. The predicted molar refractivity (Wildman–Crippen MR) is 106 cm³/mol. The summed E-state index contributed by atoms with van der Waals surface area (Å²) >= 11 is 1.47. The van der Waals surface area contributed by atoms with Gasteiger partial charge in [-0.1, -0.05) is 30.3 Å². The number of nitrogens with one attached hydrogen (secondary N) is 1. The van der Waals surface area contributed by atoms with E-state index < -0.39 is 0 Å². The lowest BCUT2D eigenvalue weighted by atomic mass is 10.1. The van der Waals surface area contributed by atoms with Gasteiger partial charge in [0.2, 0.25) is 0 Å². The second kappa shape index (κ2) is 7.41. The van der Waals surface area contributed by atoms with Crippen molar-refractivity contribution in [1.82, 2.24) is 15.3 Å². The fourth-order valence-electron chi connectivity index (χ4n) is 2.91. The Bertz CT molecular complexity index is 905. The van der Waals surface area contributed by atoms with Crippen LogP contribution in [0.4, 0.5) is 5.82 Å². The minimum absolute atomic E-state index is 0.0220. The first-order valence-corrected chi connectivity index (χ1v) is 9.86. The molecule has 0 spiro atoms. The van der Waals surface area contributed by atoms with E-state index in [1.54, 1.807) is 5.51 Å². The topological polar surface area (TPSA) is 58.1 Å². The molecule has 4 rings (SSSR count). The molecule has 0 atom stereocenters. The highest BCUT2D eigenvalue weighted by Gasteiger charge is 2.23. The van der Waals surface area contributed by atoms with Crippen LogP contribution in [-0.4, -0.2) is 36.0 Å². The van der Waals surface area contributed by atoms with E-state index >= 15 is 0 Å². The summed E-state index contributed by atoms with van der Waals surface area (Å²) in [5.74, 6) is 1.42. The zero-order valence-corrected chi connectivity index (χ0v) is 15.6. The van der Waals surface area contributed by atoms with E-state index in [0.29, 0.717) is 17.1 Å². The van der Waals surface area contributed by atoms with Gasteiger partial charge in [0.25, 0.3) is 5.91 Å². The van der Waals surface area contributed by atoms with Crippen molar-refractivity contribution >= 4 is 33.4 Å². The summed E-state index contributed by atoms with van der Waals surface area (Å²) in [7, 11) is 2.01. The van der Waals surface area contributed by atoms with E-state index in [1.165, 1.54) is 29.7 Å². The SMILES string of the molecule is CN(CCc1ccccc1)c1cc(C(=O)NCC2CC2)c2scnc2n1. The first-order chi connectivity index (χ1) is 12.7. The molecule has 1 N–H and O–H groups in total. The fraction of sp³-hybridized carbons (Fsp3) is 0.350. The van der Waals surface area contributed by atoms with Gasteiger partial charge in [-0.05, 0) is 36.8 Å². The molecule has 1 saturated carbocycles. The average molecular weight is 366 g/mol. The van der Waals surface area contributed by atoms with E-state index in [2.05, 4.69) is 44.5 Å². The summed E-state index contributed by atoms with van der Waals surface area (Å²) in [5, 5.41) is 3.06. The van der Waals surface area contributed by atoms with Gasteiger partial charge in [0.05, 0.1) is 15.8 Å². The number of pyridine rings is 1. The van der Waals surface area contributed by atoms with Gasteiger partial charge in [-0.3, -0.25) is 4.79 Å². The van der Waals surface area contributed by atoms with Crippen molar-refractivity contribution in [1.29, 1.82) is 0 Å². The number of rotatable bonds is 7. The van der Waals surface area contributed by atoms with Gasteiger partial charge in [-0.2, -0.15) is 0 Å². The van der Waals surface area contributed by atoms with Gasteiger partial charge in [-0.25, -0.2) is 9.97 Å². The minimum Gasteiger partial charge on any atom is -0.359 e. The largest absolute Gasteiger partial charge is 0.359 e. The lowest BCUT2D eigenvalue weighted by molar-refractivity contribution is 0.0953. The number of carbonyl (C=O) groups excluding carboxylic acids is 1. The van der Waals surface area contributed by atoms with Crippen LogP contribution in [0.1, 0.15) is 28.8 Å². The van der Waals surface area contributed by atoms with Crippen LogP contribution in [0.2, 0.25) is 0 Å². The van der Waals surface area contributed by atoms with Gasteiger partial charge in [-0.15, -0.1) is 11.3 Å². The number of hydrogen-bond acceptors (Lipinski definition) is 5. The molecular formula is C20H22N4OS. The van der Waals surface area contributed by atoms with E-state index in [4.69, 9.17) is 0 Å². The first kappa shape index (κ1) is 17.0. The number of fused-ring (bicyclic) bond motifs is 1. The molecule has 0 unspecified atom stereocenters. The van der Waals surface area contributed by atoms with Crippen molar-refractivity contribution in [3.05, 3.63) is 53.0 Å². The highest BCUT2D eigenvalue weighted by molar-refractivity contribution is 7.17. The Morgan fingerprint density at radius 2 is 2.12 bits per heavy atom. The molecule has 5 nitrogen and oxygen atoms in total. The van der Waals surface area contributed by atoms with E-state index in [9.17, 15) is 4.79 Å². The highest BCUT2D eigenvalue weighted by Crippen LogP contribution is 2.29. The van der Waals surface area contributed by atoms with Crippen molar-refractivity contribution in [2.24, 2.45) is 5.92 Å². The van der Waals surface area contributed by atoms with Crippen LogP contribution in [0.25, 0.3) is 10.3 Å². The monoisotopic (exact) mass is 366 g/mol. The quantitative estimate of drug-likeness (QED) is 0.695. The van der Waals surface area contributed by atoms with Crippen LogP contribution in [-0.2, 0) is 6.42 Å². The third-order valence-corrected chi connectivity index (χ3v) is 5.60. The molecule has 1 aliphatic carbocycles. The second-order valence-corrected chi connectivity index (χ2v) is 7.70. The molecule has 0 saturated heterocycles. The second-order valence-electron chi connectivity index (χ2n) is 6.84. The molecule has 6 heteroatoms. The Balaban J connectivity index is 1.53. The summed E-state index contributed by atoms with van der Waals surface area (Å²) < 4.78 is 0.860. The number of amides is 1. The van der Waals surface area contributed by atoms with Gasteiger partial charge in [0.15, 0.2) is 5.65 Å². The number of anilines is 1. The molecule has 1 aliphatic rings. The molecule has 0 bridgehead atoms. The fourth-order valence-corrected chi connectivity index (χ4v) is 3.65. The van der Waals surface area contributed by atoms with Crippen molar-refractivity contribution in [2.75, 3.05) is 25.0 Å². The molecule has 1 fully saturated rings. The molecule has 134 valence electrons. The number of nitrogens with zero attached hydrogens (tertiary/aromatic N) is 3. The summed E-state index contributed by atoms with van der Waals surface area (Å²) in [4.78, 5) is 23.7. The molecule has 1 amide bonds. The predicted octanol–water partition coefficient (Wildman–Crippen LogP) is 3.51. The molecule has 26 heavy (non-hydrogen) atoms. The van der Waals surface area contributed by atoms with E-state index in [1.807, 2.05) is 19.2 Å². The van der Waals surface area contributed by atoms with Crippen LogP contribution < -0.4 is 10.2 Å². The Labute approximate surface area is 157 Å². The Morgan fingerprint density at radius 1 is 1.31 bits per heavy atom. The minimum atomic E-state index is -0.0220. The van der Waals surface area contributed by atoms with Crippen LogP contribution >= 0.6 is 11.3 Å². The maximum absolute atomic E-state index is 12.7. The molecule has 2 aromatic heterocycles. The van der Waals surface area contributed by atoms with Crippen LogP contribution in [0.5, 0.6) is 0 Å². The van der Waals surface area contributed by atoms with Gasteiger partial charge in [0.1, 0.15) is 5.82 Å². The Morgan fingerprint density at radius 3 is 2.88 bits per heavy atom. The van der Waals surface area contributed by atoms with Crippen LogP contribution in [0.3, 0.4) is 0 Å². The van der Waals surface area contributed by atoms with Crippen LogP contribution in [0.15, 0.2) is 41.9 Å². The maximum atomic E-state index is 12.7. The maximum Gasteiger partial charge on any atom is 0.253 e.